The van der Waals surface area contributed by atoms with Gasteiger partial charge in [0.15, 0.2) is 0 Å². The van der Waals surface area contributed by atoms with E-state index >= 15 is 0 Å². The molecule has 2 N–H and O–H groups in total. The molecule has 2 aromatic rings. The van der Waals surface area contributed by atoms with Crippen molar-refractivity contribution < 1.29 is 4.79 Å². The van der Waals surface area contributed by atoms with Crippen molar-refractivity contribution in [3.8, 4) is 11.1 Å². The maximum absolute atomic E-state index is 12.8. The Bertz CT molecular complexity index is 657. The molecule has 0 spiro atoms. The number of carbonyl (C=O) groups excluding carboxylic acids is 1. The number of piperidine rings is 1. The van der Waals surface area contributed by atoms with Crippen LogP contribution in [0.2, 0.25) is 0 Å². The number of benzene rings is 2. The summed E-state index contributed by atoms with van der Waals surface area (Å²) in [5, 5.41) is 0. The van der Waals surface area contributed by atoms with Gasteiger partial charge in [0.2, 0.25) is 0 Å². The molecule has 2 aromatic carbocycles. The second-order valence-corrected chi connectivity index (χ2v) is 6.46. The molecule has 128 valence electrons. The van der Waals surface area contributed by atoms with Gasteiger partial charge < -0.3 is 10.6 Å². The van der Waals surface area contributed by atoms with Gasteiger partial charge in [0, 0.05) is 24.7 Å². The normalized spacial score (nSPS) is 20.3. The molecule has 1 aliphatic heterocycles. The van der Waals surface area contributed by atoms with Crippen LogP contribution in [0.1, 0.15) is 30.1 Å². The quantitative estimate of drug-likeness (QED) is 0.915. The SMILES string of the molecule is CC1CCN(C(=O)c2ccc(-c3ccccc3)cc2)C(CN)C1.Cl. The highest BCUT2D eigenvalue weighted by molar-refractivity contribution is 5.95. The van der Waals surface area contributed by atoms with Crippen LogP contribution in [-0.2, 0) is 0 Å². The fourth-order valence-electron chi connectivity index (χ4n) is 3.34. The molecule has 24 heavy (non-hydrogen) atoms. The Morgan fingerprint density at radius 3 is 2.33 bits per heavy atom. The van der Waals surface area contributed by atoms with Crippen LogP contribution in [0.25, 0.3) is 11.1 Å². The van der Waals surface area contributed by atoms with Crippen molar-refractivity contribution >= 4 is 18.3 Å². The Labute approximate surface area is 150 Å². The lowest BCUT2D eigenvalue weighted by molar-refractivity contribution is 0.0573. The predicted octanol–water partition coefficient (Wildman–Crippen LogP) is 3.97. The fraction of sp³-hybridized carbons (Fsp3) is 0.350. The molecule has 0 saturated carbocycles. The van der Waals surface area contributed by atoms with E-state index in [9.17, 15) is 4.79 Å². The maximum Gasteiger partial charge on any atom is 0.254 e. The van der Waals surface area contributed by atoms with Gasteiger partial charge in [-0.1, -0.05) is 49.4 Å². The zero-order valence-electron chi connectivity index (χ0n) is 14.0. The minimum absolute atomic E-state index is 0. The van der Waals surface area contributed by atoms with Crippen LogP contribution in [0.5, 0.6) is 0 Å². The van der Waals surface area contributed by atoms with Gasteiger partial charge in [-0.05, 0) is 42.0 Å². The van der Waals surface area contributed by atoms with Crippen LogP contribution in [0, 0.1) is 5.92 Å². The fourth-order valence-corrected chi connectivity index (χ4v) is 3.34. The van der Waals surface area contributed by atoms with E-state index in [0.29, 0.717) is 12.5 Å². The van der Waals surface area contributed by atoms with Crippen molar-refractivity contribution in [3.05, 3.63) is 60.2 Å². The number of nitrogens with zero attached hydrogens (tertiary/aromatic N) is 1. The Kier molecular flexibility index (Phi) is 6.41. The van der Waals surface area contributed by atoms with Gasteiger partial charge in [0.25, 0.3) is 5.91 Å². The zero-order chi connectivity index (χ0) is 16.2. The van der Waals surface area contributed by atoms with Crippen molar-refractivity contribution in [1.82, 2.24) is 4.90 Å². The highest BCUT2D eigenvalue weighted by Gasteiger charge is 2.29. The molecule has 1 aliphatic rings. The molecule has 1 amide bonds. The van der Waals surface area contributed by atoms with E-state index in [4.69, 9.17) is 5.73 Å². The largest absolute Gasteiger partial charge is 0.334 e. The van der Waals surface area contributed by atoms with Gasteiger partial charge in [-0.15, -0.1) is 12.4 Å². The number of rotatable bonds is 3. The summed E-state index contributed by atoms with van der Waals surface area (Å²) in [6.45, 7) is 3.58. The topological polar surface area (TPSA) is 46.3 Å². The summed E-state index contributed by atoms with van der Waals surface area (Å²) in [6.07, 6.45) is 2.06. The Hall–Kier alpha value is -1.84. The van der Waals surface area contributed by atoms with Crippen LogP contribution in [-0.4, -0.2) is 29.9 Å². The summed E-state index contributed by atoms with van der Waals surface area (Å²) in [4.78, 5) is 14.7. The number of nitrogens with two attached hydrogens (primary N) is 1. The number of carbonyl (C=O) groups is 1. The minimum Gasteiger partial charge on any atom is -0.334 e. The summed E-state index contributed by atoms with van der Waals surface area (Å²) >= 11 is 0. The number of likely N-dealkylation sites (tertiary alicyclic amines) is 1. The monoisotopic (exact) mass is 344 g/mol. The molecular weight excluding hydrogens is 320 g/mol. The molecule has 3 rings (SSSR count). The Morgan fingerprint density at radius 1 is 1.08 bits per heavy atom. The third kappa shape index (κ3) is 3.97. The number of hydrogen-bond acceptors (Lipinski definition) is 2. The molecule has 1 heterocycles. The highest BCUT2D eigenvalue weighted by Crippen LogP contribution is 2.25. The van der Waals surface area contributed by atoms with Crippen molar-refractivity contribution in [2.75, 3.05) is 13.1 Å². The Morgan fingerprint density at radius 2 is 1.71 bits per heavy atom. The summed E-state index contributed by atoms with van der Waals surface area (Å²) in [6, 6.07) is 18.3. The van der Waals surface area contributed by atoms with Crippen molar-refractivity contribution in [2.45, 2.75) is 25.8 Å². The van der Waals surface area contributed by atoms with Crippen LogP contribution in [0.15, 0.2) is 54.6 Å². The summed E-state index contributed by atoms with van der Waals surface area (Å²) < 4.78 is 0. The molecule has 1 saturated heterocycles. The molecule has 4 heteroatoms. The van der Waals surface area contributed by atoms with Gasteiger partial charge in [-0.2, -0.15) is 0 Å². The summed E-state index contributed by atoms with van der Waals surface area (Å²) in [5.74, 6) is 0.750. The lowest BCUT2D eigenvalue weighted by Crippen LogP contribution is -2.49. The molecule has 0 aromatic heterocycles. The van der Waals surface area contributed by atoms with Crippen LogP contribution < -0.4 is 5.73 Å². The average Bonchev–Trinajstić information content (AvgIpc) is 2.62. The van der Waals surface area contributed by atoms with Crippen LogP contribution in [0.3, 0.4) is 0 Å². The zero-order valence-corrected chi connectivity index (χ0v) is 14.8. The molecule has 2 unspecified atom stereocenters. The third-order valence-electron chi connectivity index (χ3n) is 4.75. The molecule has 2 atom stereocenters. The molecule has 1 fully saturated rings. The number of hydrogen-bond donors (Lipinski definition) is 1. The van der Waals surface area contributed by atoms with Gasteiger partial charge >= 0.3 is 0 Å². The third-order valence-corrected chi connectivity index (χ3v) is 4.75. The molecular formula is C20H25ClN2O. The molecule has 0 radical (unpaired) electrons. The highest BCUT2D eigenvalue weighted by atomic mass is 35.5. The van der Waals surface area contributed by atoms with Gasteiger partial charge in [-0.25, -0.2) is 0 Å². The lowest BCUT2D eigenvalue weighted by Gasteiger charge is -2.38. The van der Waals surface area contributed by atoms with E-state index in [1.807, 2.05) is 47.4 Å². The second-order valence-electron chi connectivity index (χ2n) is 6.46. The number of amides is 1. The van der Waals surface area contributed by atoms with Gasteiger partial charge in [-0.3, -0.25) is 4.79 Å². The standard InChI is InChI=1S/C20H24N2O.ClH/c1-15-11-12-22(19(13-15)14-21)20(23)18-9-7-17(8-10-18)16-5-3-2-4-6-16;/h2-10,15,19H,11-14,21H2,1H3;1H. The first-order chi connectivity index (χ1) is 11.2. The van der Waals surface area contributed by atoms with Gasteiger partial charge in [0.05, 0.1) is 0 Å². The molecule has 3 nitrogen and oxygen atoms in total. The van der Waals surface area contributed by atoms with Crippen molar-refractivity contribution in [3.63, 3.8) is 0 Å². The lowest BCUT2D eigenvalue weighted by atomic mass is 9.91. The molecule has 0 bridgehead atoms. The van der Waals surface area contributed by atoms with E-state index < -0.39 is 0 Å². The summed E-state index contributed by atoms with van der Waals surface area (Å²) in [7, 11) is 0. The van der Waals surface area contributed by atoms with E-state index in [-0.39, 0.29) is 24.4 Å². The first-order valence-electron chi connectivity index (χ1n) is 8.35. The first kappa shape index (κ1) is 18.5. The van der Waals surface area contributed by atoms with E-state index in [1.165, 1.54) is 0 Å². The second kappa shape index (κ2) is 8.32. The first-order valence-corrected chi connectivity index (χ1v) is 8.35. The summed E-state index contributed by atoms with van der Waals surface area (Å²) in [5.41, 5.74) is 8.92. The van der Waals surface area contributed by atoms with Crippen molar-refractivity contribution in [1.29, 1.82) is 0 Å². The van der Waals surface area contributed by atoms with Gasteiger partial charge in [0.1, 0.15) is 0 Å². The van der Waals surface area contributed by atoms with E-state index in [2.05, 4.69) is 19.1 Å². The average molecular weight is 345 g/mol. The number of halogens is 1. The smallest absolute Gasteiger partial charge is 0.254 e. The Balaban J connectivity index is 0.00000208. The van der Waals surface area contributed by atoms with E-state index in [1.54, 1.807) is 0 Å². The van der Waals surface area contributed by atoms with E-state index in [0.717, 1.165) is 36.1 Å². The molecule has 0 aliphatic carbocycles. The van der Waals surface area contributed by atoms with Crippen LogP contribution >= 0.6 is 12.4 Å². The maximum atomic E-state index is 12.8. The van der Waals surface area contributed by atoms with Crippen molar-refractivity contribution in [2.24, 2.45) is 11.7 Å². The minimum atomic E-state index is 0. The van der Waals surface area contributed by atoms with Crippen LogP contribution in [0.4, 0.5) is 0 Å². The predicted molar refractivity (Wildman–Crippen MR) is 101 cm³/mol.